The Labute approximate surface area is 190 Å². The first kappa shape index (κ1) is 24.0. The van der Waals surface area contributed by atoms with Crippen LogP contribution in [-0.2, 0) is 20.7 Å². The quantitative estimate of drug-likeness (QED) is 0.616. The molecule has 2 aromatic rings. The number of hydrogen-bond acceptors (Lipinski definition) is 5. The molecule has 174 valence electrons. The van der Waals surface area contributed by atoms with Crippen LogP contribution in [0.3, 0.4) is 0 Å². The van der Waals surface area contributed by atoms with E-state index in [1.165, 1.54) is 0 Å². The van der Waals surface area contributed by atoms with E-state index >= 15 is 0 Å². The molecule has 7 nitrogen and oxygen atoms in total. The van der Waals surface area contributed by atoms with E-state index in [9.17, 15) is 9.59 Å². The highest BCUT2D eigenvalue weighted by Crippen LogP contribution is 2.17. The summed E-state index contributed by atoms with van der Waals surface area (Å²) in [5.74, 6) is -0.203. The Balaban J connectivity index is 1.60. The highest BCUT2D eigenvalue weighted by Gasteiger charge is 2.24. The molecule has 0 unspecified atom stereocenters. The lowest BCUT2D eigenvalue weighted by atomic mass is 10.0. The summed E-state index contributed by atoms with van der Waals surface area (Å²) in [5.41, 5.74) is 0.347. The van der Waals surface area contributed by atoms with Gasteiger partial charge in [0.05, 0.1) is 13.2 Å². The Hall–Kier alpha value is -2.64. The number of alkyl carbamates (subject to hydrolysis) is 1. The first-order chi connectivity index (χ1) is 15.3. The van der Waals surface area contributed by atoms with Crippen molar-refractivity contribution in [2.75, 3.05) is 39.4 Å². The molecule has 32 heavy (non-hydrogen) atoms. The monoisotopic (exact) mass is 441 g/mol. The van der Waals surface area contributed by atoms with Crippen LogP contribution in [0.2, 0.25) is 0 Å². The van der Waals surface area contributed by atoms with Gasteiger partial charge < -0.3 is 20.1 Å². The zero-order chi connectivity index (χ0) is 23.0. The van der Waals surface area contributed by atoms with Gasteiger partial charge in [0, 0.05) is 26.1 Å². The third-order valence-electron chi connectivity index (χ3n) is 5.32. The maximum atomic E-state index is 12.9. The SMILES string of the molecule is CC(C)(C)OC(=O)N[C@@H](Cc1ccc2ccccc2c1)C(=O)NCCCN1CCOCC1. The Kier molecular flexibility index (Phi) is 8.47. The van der Waals surface area contributed by atoms with Crippen molar-refractivity contribution in [3.8, 4) is 0 Å². The van der Waals surface area contributed by atoms with E-state index in [2.05, 4.69) is 27.7 Å². The lowest BCUT2D eigenvalue weighted by Crippen LogP contribution is -2.49. The highest BCUT2D eigenvalue weighted by atomic mass is 16.6. The normalized spacial score (nSPS) is 15.8. The molecular weight excluding hydrogens is 406 g/mol. The van der Waals surface area contributed by atoms with Gasteiger partial charge in [-0.05, 0) is 50.1 Å². The first-order valence-electron chi connectivity index (χ1n) is 11.4. The van der Waals surface area contributed by atoms with E-state index in [-0.39, 0.29) is 5.91 Å². The van der Waals surface area contributed by atoms with E-state index < -0.39 is 17.7 Å². The molecule has 2 N–H and O–H groups in total. The van der Waals surface area contributed by atoms with E-state index in [1.807, 2.05) is 30.3 Å². The van der Waals surface area contributed by atoms with Crippen molar-refractivity contribution in [2.24, 2.45) is 0 Å². The number of carbonyl (C=O) groups is 2. The van der Waals surface area contributed by atoms with E-state index in [1.54, 1.807) is 20.8 Å². The van der Waals surface area contributed by atoms with Gasteiger partial charge in [-0.15, -0.1) is 0 Å². The number of nitrogens with one attached hydrogen (secondary N) is 2. The maximum absolute atomic E-state index is 12.9. The third kappa shape index (κ3) is 7.80. The fraction of sp³-hybridized carbons (Fsp3) is 0.520. The van der Waals surface area contributed by atoms with Crippen LogP contribution in [0, 0.1) is 0 Å². The van der Waals surface area contributed by atoms with Crippen LogP contribution in [-0.4, -0.2) is 67.9 Å². The Bertz CT molecular complexity index is 903. The summed E-state index contributed by atoms with van der Waals surface area (Å²) >= 11 is 0. The summed E-state index contributed by atoms with van der Waals surface area (Å²) in [6.07, 6.45) is 0.645. The summed E-state index contributed by atoms with van der Waals surface area (Å²) in [6, 6.07) is 13.5. The number of hydrogen-bond donors (Lipinski definition) is 2. The van der Waals surface area contributed by atoms with Crippen molar-refractivity contribution >= 4 is 22.8 Å². The lowest BCUT2D eigenvalue weighted by Gasteiger charge is -2.26. The Morgan fingerprint density at radius 2 is 1.81 bits per heavy atom. The van der Waals surface area contributed by atoms with Crippen LogP contribution in [0.5, 0.6) is 0 Å². The number of carbonyl (C=O) groups excluding carboxylic acids is 2. The smallest absolute Gasteiger partial charge is 0.408 e. The first-order valence-corrected chi connectivity index (χ1v) is 11.4. The van der Waals surface area contributed by atoms with Gasteiger partial charge in [0.1, 0.15) is 11.6 Å². The van der Waals surface area contributed by atoms with Crippen LogP contribution in [0.15, 0.2) is 42.5 Å². The van der Waals surface area contributed by atoms with Gasteiger partial charge in [-0.2, -0.15) is 0 Å². The molecule has 7 heteroatoms. The average molecular weight is 442 g/mol. The average Bonchev–Trinajstić information content (AvgIpc) is 2.75. The summed E-state index contributed by atoms with van der Waals surface area (Å²) in [6.45, 7) is 10.3. The van der Waals surface area contributed by atoms with Crippen molar-refractivity contribution < 1.29 is 19.1 Å². The molecule has 1 atom stereocenters. The molecule has 1 saturated heterocycles. The van der Waals surface area contributed by atoms with Crippen LogP contribution in [0.1, 0.15) is 32.8 Å². The number of amides is 2. The molecule has 2 amide bonds. The second-order valence-electron chi connectivity index (χ2n) is 9.18. The molecule has 0 aromatic heterocycles. The predicted octanol–water partition coefficient (Wildman–Crippen LogP) is 3.11. The molecule has 0 spiro atoms. The molecule has 1 aliphatic rings. The number of ether oxygens (including phenoxy) is 2. The Morgan fingerprint density at radius 1 is 1.09 bits per heavy atom. The van der Waals surface area contributed by atoms with Crippen molar-refractivity contribution in [3.63, 3.8) is 0 Å². The number of fused-ring (bicyclic) bond motifs is 1. The second kappa shape index (κ2) is 11.3. The van der Waals surface area contributed by atoms with Crippen molar-refractivity contribution in [1.29, 1.82) is 0 Å². The topological polar surface area (TPSA) is 79.9 Å². The number of nitrogens with zero attached hydrogens (tertiary/aromatic N) is 1. The lowest BCUT2D eigenvalue weighted by molar-refractivity contribution is -0.123. The summed E-state index contributed by atoms with van der Waals surface area (Å²) in [5, 5.41) is 7.98. The molecule has 0 aliphatic carbocycles. The minimum absolute atomic E-state index is 0.203. The fourth-order valence-electron chi connectivity index (χ4n) is 3.72. The van der Waals surface area contributed by atoms with Gasteiger partial charge in [-0.3, -0.25) is 9.69 Å². The number of benzene rings is 2. The van der Waals surface area contributed by atoms with Gasteiger partial charge in [-0.25, -0.2) is 4.79 Å². The molecule has 1 fully saturated rings. The van der Waals surface area contributed by atoms with Crippen LogP contribution < -0.4 is 10.6 Å². The van der Waals surface area contributed by atoms with E-state index in [4.69, 9.17) is 9.47 Å². The standard InChI is InChI=1S/C25H35N3O4/c1-25(2,3)32-24(30)27-22(18-19-9-10-20-7-4-5-8-21(20)17-19)23(29)26-11-6-12-28-13-15-31-16-14-28/h4-5,7-10,17,22H,6,11-16,18H2,1-3H3,(H,26,29)(H,27,30)/t22-/m0/s1. The van der Waals surface area contributed by atoms with Gasteiger partial charge >= 0.3 is 6.09 Å². The maximum Gasteiger partial charge on any atom is 0.408 e. The van der Waals surface area contributed by atoms with Crippen molar-refractivity contribution in [1.82, 2.24) is 15.5 Å². The minimum atomic E-state index is -0.714. The number of rotatable bonds is 8. The second-order valence-corrected chi connectivity index (χ2v) is 9.18. The van der Waals surface area contributed by atoms with Gasteiger partial charge in [0.15, 0.2) is 0 Å². The third-order valence-corrected chi connectivity index (χ3v) is 5.32. The van der Waals surface area contributed by atoms with Crippen molar-refractivity contribution in [2.45, 2.75) is 45.3 Å². The summed E-state index contributed by atoms with van der Waals surface area (Å²) in [4.78, 5) is 27.7. The minimum Gasteiger partial charge on any atom is -0.444 e. The van der Waals surface area contributed by atoms with Crippen LogP contribution in [0.4, 0.5) is 4.79 Å². The molecule has 3 rings (SSSR count). The van der Waals surface area contributed by atoms with Gasteiger partial charge in [0.2, 0.25) is 5.91 Å². The molecule has 0 saturated carbocycles. The van der Waals surface area contributed by atoms with E-state index in [0.717, 1.165) is 55.6 Å². The molecule has 1 aliphatic heterocycles. The Morgan fingerprint density at radius 3 is 2.53 bits per heavy atom. The van der Waals surface area contributed by atoms with E-state index in [0.29, 0.717) is 13.0 Å². The molecule has 2 aromatic carbocycles. The summed E-state index contributed by atoms with van der Waals surface area (Å²) in [7, 11) is 0. The number of morpholine rings is 1. The molecule has 0 radical (unpaired) electrons. The molecule has 0 bridgehead atoms. The zero-order valence-electron chi connectivity index (χ0n) is 19.4. The molecule has 1 heterocycles. The van der Waals surface area contributed by atoms with Crippen LogP contribution >= 0.6 is 0 Å². The molecular formula is C25H35N3O4. The largest absolute Gasteiger partial charge is 0.444 e. The highest BCUT2D eigenvalue weighted by molar-refractivity contribution is 5.87. The van der Waals surface area contributed by atoms with Crippen LogP contribution in [0.25, 0.3) is 10.8 Å². The van der Waals surface area contributed by atoms with Gasteiger partial charge in [0.25, 0.3) is 0 Å². The fourth-order valence-corrected chi connectivity index (χ4v) is 3.72. The predicted molar refractivity (Wildman–Crippen MR) is 126 cm³/mol. The summed E-state index contributed by atoms with van der Waals surface area (Å²) < 4.78 is 10.7. The van der Waals surface area contributed by atoms with Crippen molar-refractivity contribution in [3.05, 3.63) is 48.0 Å². The van der Waals surface area contributed by atoms with Gasteiger partial charge in [-0.1, -0.05) is 42.5 Å². The zero-order valence-corrected chi connectivity index (χ0v) is 19.4.